The highest BCUT2D eigenvalue weighted by Crippen LogP contribution is 2.31. The molecule has 1 aliphatic heterocycles. The van der Waals surface area contributed by atoms with Gasteiger partial charge in [-0.25, -0.2) is 4.79 Å². The van der Waals surface area contributed by atoms with Crippen molar-refractivity contribution in [3.63, 3.8) is 0 Å². The summed E-state index contributed by atoms with van der Waals surface area (Å²) in [5.41, 5.74) is 6.82. The summed E-state index contributed by atoms with van der Waals surface area (Å²) in [6.07, 6.45) is 3.73. The first-order valence-corrected chi connectivity index (χ1v) is 11.6. The molecule has 2 aromatic heterocycles. The molecule has 2 aromatic carbocycles. The van der Waals surface area contributed by atoms with Crippen LogP contribution in [0.4, 0.5) is 10.5 Å². The SMILES string of the molecule is Cc1cc2[nH]nc(-c3cnn(C4CN(C(=O)N(C)C)C4)c3)c2cc1C(=O)Nc1c(C)cccc1C. The molecule has 1 aliphatic rings. The number of amides is 3. The first-order valence-electron chi connectivity index (χ1n) is 11.6. The van der Waals surface area contributed by atoms with Gasteiger partial charge in [0.15, 0.2) is 0 Å². The molecular weight excluding hydrogens is 442 g/mol. The number of H-pyrrole nitrogens is 1. The van der Waals surface area contributed by atoms with Gasteiger partial charge in [0, 0.05) is 55.6 Å². The summed E-state index contributed by atoms with van der Waals surface area (Å²) in [5, 5.41) is 16.1. The second kappa shape index (κ2) is 8.57. The van der Waals surface area contributed by atoms with E-state index >= 15 is 0 Å². The number of urea groups is 1. The maximum absolute atomic E-state index is 13.2. The van der Waals surface area contributed by atoms with Crippen molar-refractivity contribution < 1.29 is 9.59 Å². The minimum Gasteiger partial charge on any atom is -0.331 e. The summed E-state index contributed by atoms with van der Waals surface area (Å²) in [6, 6.07) is 9.95. The highest BCUT2D eigenvalue weighted by atomic mass is 16.2. The third-order valence-electron chi connectivity index (χ3n) is 6.64. The highest BCUT2D eigenvalue weighted by molar-refractivity contribution is 6.09. The molecule has 9 nitrogen and oxygen atoms in total. The number of hydrogen-bond donors (Lipinski definition) is 2. The summed E-state index contributed by atoms with van der Waals surface area (Å²) in [4.78, 5) is 28.7. The zero-order chi connectivity index (χ0) is 24.9. The molecular formula is C26H29N7O2. The number of fused-ring (bicyclic) bond motifs is 1. The van der Waals surface area contributed by atoms with Crippen LogP contribution in [-0.4, -0.2) is 68.9 Å². The maximum atomic E-state index is 13.2. The number of benzene rings is 2. The van der Waals surface area contributed by atoms with Crippen LogP contribution in [0.1, 0.15) is 33.1 Å². The van der Waals surface area contributed by atoms with Crippen LogP contribution in [0, 0.1) is 20.8 Å². The van der Waals surface area contributed by atoms with Gasteiger partial charge in [-0.3, -0.25) is 14.6 Å². The topological polar surface area (TPSA) is 99.2 Å². The van der Waals surface area contributed by atoms with Gasteiger partial charge in [0.2, 0.25) is 0 Å². The van der Waals surface area contributed by atoms with Gasteiger partial charge in [0.1, 0.15) is 5.69 Å². The number of carbonyl (C=O) groups excluding carboxylic acids is 2. The molecule has 0 bridgehead atoms. The van der Waals surface area contributed by atoms with E-state index in [0.29, 0.717) is 18.7 Å². The lowest BCUT2D eigenvalue weighted by atomic mass is 10.0. The van der Waals surface area contributed by atoms with E-state index in [0.717, 1.165) is 44.5 Å². The van der Waals surface area contributed by atoms with E-state index in [9.17, 15) is 9.59 Å². The molecule has 9 heteroatoms. The number of para-hydroxylation sites is 1. The molecule has 0 radical (unpaired) electrons. The van der Waals surface area contributed by atoms with Crippen LogP contribution in [-0.2, 0) is 0 Å². The number of nitrogens with one attached hydrogen (secondary N) is 2. The minimum absolute atomic E-state index is 0.00832. The molecule has 1 saturated heterocycles. The van der Waals surface area contributed by atoms with Crippen molar-refractivity contribution in [1.82, 2.24) is 29.8 Å². The predicted molar refractivity (Wildman–Crippen MR) is 136 cm³/mol. The Morgan fingerprint density at radius 3 is 2.49 bits per heavy atom. The van der Waals surface area contributed by atoms with E-state index in [4.69, 9.17) is 0 Å². The number of aromatic amines is 1. The monoisotopic (exact) mass is 471 g/mol. The Hall–Kier alpha value is -4.14. The molecule has 3 amide bonds. The number of hydrogen-bond acceptors (Lipinski definition) is 4. The van der Waals surface area contributed by atoms with Crippen molar-refractivity contribution in [3.8, 4) is 11.3 Å². The lowest BCUT2D eigenvalue weighted by Crippen LogP contribution is -2.53. The van der Waals surface area contributed by atoms with Gasteiger partial charge in [-0.15, -0.1) is 0 Å². The average Bonchev–Trinajstić information content (AvgIpc) is 3.41. The predicted octanol–water partition coefficient (Wildman–Crippen LogP) is 4.14. The summed E-state index contributed by atoms with van der Waals surface area (Å²) < 4.78 is 1.89. The molecule has 2 N–H and O–H groups in total. The van der Waals surface area contributed by atoms with E-state index < -0.39 is 0 Å². The summed E-state index contributed by atoms with van der Waals surface area (Å²) in [5.74, 6) is -0.148. The zero-order valence-electron chi connectivity index (χ0n) is 20.6. The van der Waals surface area contributed by atoms with Crippen molar-refractivity contribution in [2.75, 3.05) is 32.5 Å². The molecule has 0 spiro atoms. The van der Waals surface area contributed by atoms with Gasteiger partial charge in [-0.1, -0.05) is 18.2 Å². The number of rotatable bonds is 4. The zero-order valence-corrected chi connectivity index (χ0v) is 20.6. The van der Waals surface area contributed by atoms with Crippen LogP contribution in [0.3, 0.4) is 0 Å². The van der Waals surface area contributed by atoms with E-state index in [1.165, 1.54) is 0 Å². The van der Waals surface area contributed by atoms with Gasteiger partial charge < -0.3 is 15.1 Å². The Morgan fingerprint density at radius 1 is 1.09 bits per heavy atom. The minimum atomic E-state index is -0.148. The Kier molecular flexibility index (Phi) is 5.55. The quantitative estimate of drug-likeness (QED) is 0.467. The summed E-state index contributed by atoms with van der Waals surface area (Å²) >= 11 is 0. The fourth-order valence-corrected chi connectivity index (χ4v) is 4.55. The lowest BCUT2D eigenvalue weighted by molar-refractivity contribution is 0.100. The second-order valence-corrected chi connectivity index (χ2v) is 9.45. The fraction of sp³-hybridized carbons (Fsp3) is 0.308. The van der Waals surface area contributed by atoms with Crippen molar-refractivity contribution in [1.29, 1.82) is 0 Å². The van der Waals surface area contributed by atoms with Crippen LogP contribution in [0.15, 0.2) is 42.7 Å². The van der Waals surface area contributed by atoms with Gasteiger partial charge >= 0.3 is 6.03 Å². The third kappa shape index (κ3) is 4.03. The smallest absolute Gasteiger partial charge is 0.319 e. The number of likely N-dealkylation sites (tertiary alicyclic amines) is 1. The summed E-state index contributed by atoms with van der Waals surface area (Å²) in [7, 11) is 3.51. The number of aryl methyl sites for hydroxylation is 3. The van der Waals surface area contributed by atoms with Gasteiger partial charge in [-0.2, -0.15) is 10.2 Å². The highest BCUT2D eigenvalue weighted by Gasteiger charge is 2.33. The van der Waals surface area contributed by atoms with Crippen molar-refractivity contribution >= 4 is 28.5 Å². The van der Waals surface area contributed by atoms with Crippen molar-refractivity contribution in [2.45, 2.75) is 26.8 Å². The summed E-state index contributed by atoms with van der Waals surface area (Å²) in [6.45, 7) is 7.15. The van der Waals surface area contributed by atoms with Crippen LogP contribution >= 0.6 is 0 Å². The molecule has 4 aromatic rings. The van der Waals surface area contributed by atoms with Crippen LogP contribution in [0.25, 0.3) is 22.2 Å². The van der Waals surface area contributed by atoms with Gasteiger partial charge in [-0.05, 0) is 49.6 Å². The van der Waals surface area contributed by atoms with Crippen LogP contribution in [0.2, 0.25) is 0 Å². The van der Waals surface area contributed by atoms with Crippen LogP contribution in [0.5, 0.6) is 0 Å². The maximum Gasteiger partial charge on any atom is 0.319 e. The second-order valence-electron chi connectivity index (χ2n) is 9.45. The van der Waals surface area contributed by atoms with E-state index in [2.05, 4.69) is 20.6 Å². The largest absolute Gasteiger partial charge is 0.331 e. The average molecular weight is 472 g/mol. The molecule has 1 fully saturated rings. The molecule has 5 rings (SSSR count). The van der Waals surface area contributed by atoms with Crippen LogP contribution < -0.4 is 5.32 Å². The molecule has 3 heterocycles. The van der Waals surface area contributed by atoms with Crippen molar-refractivity contribution in [2.24, 2.45) is 0 Å². The molecule has 0 aliphatic carbocycles. The molecule has 180 valence electrons. The van der Waals surface area contributed by atoms with Crippen molar-refractivity contribution in [3.05, 3.63) is 65.0 Å². The third-order valence-corrected chi connectivity index (χ3v) is 6.64. The molecule has 0 saturated carbocycles. The van der Waals surface area contributed by atoms with Gasteiger partial charge in [0.25, 0.3) is 5.91 Å². The Labute approximate surface area is 203 Å². The molecule has 0 atom stereocenters. The molecule has 35 heavy (non-hydrogen) atoms. The first-order chi connectivity index (χ1) is 16.7. The Bertz CT molecular complexity index is 1420. The van der Waals surface area contributed by atoms with E-state index in [-0.39, 0.29) is 18.0 Å². The normalized spacial score (nSPS) is 13.7. The number of nitrogens with zero attached hydrogens (tertiary/aromatic N) is 5. The number of anilines is 1. The fourth-order valence-electron chi connectivity index (χ4n) is 4.55. The molecule has 0 unspecified atom stereocenters. The Morgan fingerprint density at radius 2 is 1.80 bits per heavy atom. The van der Waals surface area contributed by atoms with E-state index in [1.54, 1.807) is 30.1 Å². The first kappa shape index (κ1) is 22.6. The number of carbonyl (C=O) groups is 2. The Balaban J connectivity index is 1.41. The standard InChI is InChI=1S/C26H29N7O2/c1-15-7-6-8-16(2)23(15)28-25(34)20-10-21-22(9-17(20)3)29-30-24(21)18-11-27-33(12-18)19-13-32(14-19)26(35)31(4)5/h6-12,19H,13-14H2,1-5H3,(H,28,34)(H,29,30). The van der Waals surface area contributed by atoms with Gasteiger partial charge in [0.05, 0.1) is 17.8 Å². The lowest BCUT2D eigenvalue weighted by Gasteiger charge is -2.40. The number of aromatic nitrogens is 4. The van der Waals surface area contributed by atoms with E-state index in [1.807, 2.05) is 62.0 Å².